The Morgan fingerprint density at radius 2 is 1.95 bits per heavy atom. The Morgan fingerprint density at radius 1 is 1.19 bits per heavy atom. The first-order chi connectivity index (χ1) is 10.2. The third-order valence-electron chi connectivity index (χ3n) is 4.39. The maximum absolute atomic E-state index is 5.47. The molecule has 2 nitrogen and oxygen atoms in total. The molecule has 3 heteroatoms. The van der Waals surface area contributed by atoms with Crippen LogP contribution in [0.25, 0.3) is 0 Å². The second-order valence-electron chi connectivity index (χ2n) is 5.94. The van der Waals surface area contributed by atoms with Gasteiger partial charge in [0.2, 0.25) is 0 Å². The van der Waals surface area contributed by atoms with Gasteiger partial charge in [-0.15, -0.1) is 11.3 Å². The van der Waals surface area contributed by atoms with E-state index in [1.807, 2.05) is 17.4 Å². The maximum atomic E-state index is 5.47. The van der Waals surface area contributed by atoms with Gasteiger partial charge in [0.05, 0.1) is 7.11 Å². The van der Waals surface area contributed by atoms with Crippen LogP contribution in [0.4, 0.5) is 0 Å². The summed E-state index contributed by atoms with van der Waals surface area (Å²) in [4.78, 5) is 2.83. The molecule has 1 fully saturated rings. The van der Waals surface area contributed by atoms with Crippen LogP contribution in [0, 0.1) is 6.92 Å². The highest BCUT2D eigenvalue weighted by atomic mass is 32.1. The molecular formula is C18H23NOS. The molecule has 1 aliphatic rings. The molecule has 0 radical (unpaired) electrons. The van der Waals surface area contributed by atoms with E-state index in [-0.39, 0.29) is 0 Å². The van der Waals surface area contributed by atoms with Crippen molar-refractivity contribution >= 4 is 11.3 Å². The minimum absolute atomic E-state index is 0.451. The van der Waals surface area contributed by atoms with Crippen LogP contribution < -0.4 is 10.1 Å². The number of aryl methyl sites for hydroxylation is 1. The van der Waals surface area contributed by atoms with E-state index in [9.17, 15) is 0 Å². The van der Waals surface area contributed by atoms with E-state index in [0.29, 0.717) is 18.0 Å². The SMILES string of the molecule is COc1ccccc1C1CC(NC(C)c2ccc(C)s2)C1. The smallest absolute Gasteiger partial charge is 0.122 e. The van der Waals surface area contributed by atoms with Crippen LogP contribution in [-0.2, 0) is 0 Å². The lowest BCUT2D eigenvalue weighted by Gasteiger charge is -2.38. The molecular weight excluding hydrogens is 278 g/mol. The maximum Gasteiger partial charge on any atom is 0.122 e. The summed E-state index contributed by atoms with van der Waals surface area (Å²) in [7, 11) is 1.76. The topological polar surface area (TPSA) is 21.3 Å². The highest BCUT2D eigenvalue weighted by Gasteiger charge is 2.32. The van der Waals surface area contributed by atoms with Crippen molar-refractivity contribution in [2.45, 2.75) is 44.7 Å². The van der Waals surface area contributed by atoms with Crippen LogP contribution >= 0.6 is 11.3 Å². The number of nitrogens with one attached hydrogen (secondary N) is 1. The second kappa shape index (κ2) is 6.20. The number of methoxy groups -OCH3 is 1. The van der Waals surface area contributed by atoms with Gasteiger partial charge in [0.25, 0.3) is 0 Å². The second-order valence-corrected chi connectivity index (χ2v) is 7.26. The first-order valence-electron chi connectivity index (χ1n) is 7.62. The number of benzene rings is 1. The highest BCUT2D eigenvalue weighted by Crippen LogP contribution is 2.41. The molecule has 1 aromatic carbocycles. The fraction of sp³-hybridized carbons (Fsp3) is 0.444. The van der Waals surface area contributed by atoms with Crippen LogP contribution in [0.5, 0.6) is 5.75 Å². The van der Waals surface area contributed by atoms with Crippen molar-refractivity contribution in [2.24, 2.45) is 0 Å². The molecule has 21 heavy (non-hydrogen) atoms. The van der Waals surface area contributed by atoms with Gasteiger partial charge < -0.3 is 10.1 Å². The van der Waals surface area contributed by atoms with Crippen LogP contribution in [0.3, 0.4) is 0 Å². The fourth-order valence-electron chi connectivity index (χ4n) is 3.13. The number of rotatable bonds is 5. The van der Waals surface area contributed by atoms with Gasteiger partial charge in [-0.2, -0.15) is 0 Å². The zero-order valence-electron chi connectivity index (χ0n) is 12.9. The summed E-state index contributed by atoms with van der Waals surface area (Å²) in [5.41, 5.74) is 1.36. The largest absolute Gasteiger partial charge is 0.496 e. The van der Waals surface area contributed by atoms with E-state index in [4.69, 9.17) is 4.74 Å². The minimum atomic E-state index is 0.451. The molecule has 0 bridgehead atoms. The average molecular weight is 301 g/mol. The molecule has 1 saturated carbocycles. The van der Waals surface area contributed by atoms with Gasteiger partial charge >= 0.3 is 0 Å². The lowest BCUT2D eigenvalue weighted by Crippen LogP contribution is -2.41. The summed E-state index contributed by atoms with van der Waals surface area (Å²) in [6.45, 7) is 4.43. The summed E-state index contributed by atoms with van der Waals surface area (Å²) >= 11 is 1.89. The monoisotopic (exact) mass is 301 g/mol. The molecule has 112 valence electrons. The predicted molar refractivity (Wildman–Crippen MR) is 89.4 cm³/mol. The Labute approximate surface area is 131 Å². The van der Waals surface area contributed by atoms with E-state index < -0.39 is 0 Å². The molecule has 0 spiro atoms. The van der Waals surface area contributed by atoms with Crippen LogP contribution in [-0.4, -0.2) is 13.2 Å². The number of para-hydroxylation sites is 1. The van der Waals surface area contributed by atoms with Gasteiger partial charge in [-0.3, -0.25) is 0 Å². The van der Waals surface area contributed by atoms with E-state index in [0.717, 1.165) is 5.75 Å². The number of hydrogen-bond acceptors (Lipinski definition) is 3. The lowest BCUT2D eigenvalue weighted by molar-refractivity contribution is 0.266. The molecule has 1 aromatic heterocycles. The molecule has 0 saturated heterocycles. The molecule has 1 unspecified atom stereocenters. The van der Waals surface area contributed by atoms with Crippen molar-refractivity contribution in [1.82, 2.24) is 5.32 Å². The summed E-state index contributed by atoms with van der Waals surface area (Å²) in [6, 6.07) is 13.9. The summed E-state index contributed by atoms with van der Waals surface area (Å²) in [5, 5.41) is 3.75. The first kappa shape index (κ1) is 14.6. The van der Waals surface area contributed by atoms with Crippen molar-refractivity contribution in [3.05, 3.63) is 51.7 Å². The Hall–Kier alpha value is -1.32. The van der Waals surface area contributed by atoms with Crippen molar-refractivity contribution in [3.63, 3.8) is 0 Å². The van der Waals surface area contributed by atoms with E-state index in [2.05, 4.69) is 49.5 Å². The highest BCUT2D eigenvalue weighted by molar-refractivity contribution is 7.12. The quantitative estimate of drug-likeness (QED) is 0.867. The fourth-order valence-corrected chi connectivity index (χ4v) is 4.02. The number of ether oxygens (including phenoxy) is 1. The standard InChI is InChI=1S/C18H23NOS/c1-12-8-9-18(21-12)13(2)19-15-10-14(11-15)16-6-4-5-7-17(16)20-3/h4-9,13-15,19H,10-11H2,1-3H3. The van der Waals surface area contributed by atoms with E-state index in [1.165, 1.54) is 28.2 Å². The van der Waals surface area contributed by atoms with Crippen LogP contribution in [0.2, 0.25) is 0 Å². The Kier molecular flexibility index (Phi) is 4.32. The summed E-state index contributed by atoms with van der Waals surface area (Å²) in [5.74, 6) is 1.67. The van der Waals surface area contributed by atoms with E-state index >= 15 is 0 Å². The third kappa shape index (κ3) is 3.14. The first-order valence-corrected chi connectivity index (χ1v) is 8.44. The minimum Gasteiger partial charge on any atom is -0.496 e. The molecule has 1 atom stereocenters. The van der Waals surface area contributed by atoms with Crippen LogP contribution in [0.15, 0.2) is 36.4 Å². The van der Waals surface area contributed by atoms with Gasteiger partial charge in [0.15, 0.2) is 0 Å². The molecule has 2 aromatic rings. The molecule has 0 aliphatic heterocycles. The molecule has 1 aliphatic carbocycles. The van der Waals surface area contributed by atoms with Gasteiger partial charge in [0.1, 0.15) is 5.75 Å². The van der Waals surface area contributed by atoms with Crippen LogP contribution in [0.1, 0.15) is 47.0 Å². The lowest BCUT2D eigenvalue weighted by atomic mass is 9.75. The van der Waals surface area contributed by atoms with Crippen molar-refractivity contribution < 1.29 is 4.74 Å². The summed E-state index contributed by atoms with van der Waals surface area (Å²) < 4.78 is 5.47. The molecule has 1 heterocycles. The molecule has 0 amide bonds. The van der Waals surface area contributed by atoms with Crippen molar-refractivity contribution in [2.75, 3.05) is 7.11 Å². The number of hydrogen-bond donors (Lipinski definition) is 1. The molecule has 3 rings (SSSR count). The van der Waals surface area contributed by atoms with E-state index in [1.54, 1.807) is 7.11 Å². The Balaban J connectivity index is 1.56. The van der Waals surface area contributed by atoms with Gasteiger partial charge in [-0.05, 0) is 56.4 Å². The Bertz CT molecular complexity index is 601. The van der Waals surface area contributed by atoms with Crippen molar-refractivity contribution in [1.29, 1.82) is 0 Å². The number of thiophene rings is 1. The Morgan fingerprint density at radius 3 is 2.62 bits per heavy atom. The predicted octanol–water partition coefficient (Wildman–Crippen LogP) is 4.66. The van der Waals surface area contributed by atoms with Gasteiger partial charge in [-0.1, -0.05) is 18.2 Å². The average Bonchev–Trinajstić information content (AvgIpc) is 2.89. The van der Waals surface area contributed by atoms with Gasteiger partial charge in [0, 0.05) is 21.8 Å². The zero-order chi connectivity index (χ0) is 14.8. The zero-order valence-corrected chi connectivity index (χ0v) is 13.7. The van der Waals surface area contributed by atoms with Gasteiger partial charge in [-0.25, -0.2) is 0 Å². The van der Waals surface area contributed by atoms with Crippen molar-refractivity contribution in [3.8, 4) is 5.75 Å². The molecule has 1 N–H and O–H groups in total. The third-order valence-corrected chi connectivity index (χ3v) is 5.57. The summed E-state index contributed by atoms with van der Waals surface area (Å²) in [6.07, 6.45) is 2.41. The normalized spacial score (nSPS) is 22.6.